The number of benzene rings is 1. The molecule has 1 aliphatic heterocycles. The molecule has 0 unspecified atom stereocenters. The van der Waals surface area contributed by atoms with Crippen molar-refractivity contribution in [3.05, 3.63) is 35.9 Å². The summed E-state index contributed by atoms with van der Waals surface area (Å²) in [7, 11) is -0.125. The van der Waals surface area contributed by atoms with Gasteiger partial charge in [-0.25, -0.2) is 0 Å². The van der Waals surface area contributed by atoms with Gasteiger partial charge in [0.15, 0.2) is 0 Å². The molecule has 126 valence electrons. The predicted octanol–water partition coefficient (Wildman–Crippen LogP) is 4.32. The molecule has 0 radical (unpaired) electrons. The Bertz CT molecular complexity index is 537. The largest absolute Gasteiger partial charge is 0.462 e. The minimum atomic E-state index is -0.258. The molecule has 2 atom stereocenters. The fourth-order valence-corrected chi connectivity index (χ4v) is 3.56. The van der Waals surface area contributed by atoms with Crippen molar-refractivity contribution in [1.29, 1.82) is 0 Å². The van der Waals surface area contributed by atoms with E-state index < -0.39 is 0 Å². The summed E-state index contributed by atoms with van der Waals surface area (Å²) in [5.41, 5.74) is 0.910. The molecule has 0 amide bonds. The molecule has 3 nitrogen and oxygen atoms in total. The highest BCUT2D eigenvalue weighted by atomic mass is 16.7. The highest BCUT2D eigenvalue weighted by Gasteiger charge is 2.68. The molecular formula is C19H29BO3. The summed E-state index contributed by atoms with van der Waals surface area (Å²) in [6.45, 7) is 14.5. The quantitative estimate of drug-likeness (QED) is 0.757. The molecule has 1 aromatic rings. The van der Waals surface area contributed by atoms with Crippen LogP contribution in [0.3, 0.4) is 0 Å². The van der Waals surface area contributed by atoms with Gasteiger partial charge >= 0.3 is 7.12 Å². The maximum absolute atomic E-state index is 6.24. The topological polar surface area (TPSA) is 27.7 Å². The monoisotopic (exact) mass is 316 g/mol. The second-order valence-electron chi connectivity index (χ2n) is 8.58. The van der Waals surface area contributed by atoms with E-state index in [9.17, 15) is 0 Å². The van der Waals surface area contributed by atoms with Gasteiger partial charge in [0.1, 0.15) is 0 Å². The molecule has 0 spiro atoms. The number of ether oxygens (including phenoxy) is 1. The Morgan fingerprint density at radius 3 is 2.09 bits per heavy atom. The predicted molar refractivity (Wildman–Crippen MR) is 93.2 cm³/mol. The summed E-state index contributed by atoms with van der Waals surface area (Å²) in [6, 6.07) is 10.3. The first-order chi connectivity index (χ1) is 10.7. The minimum absolute atomic E-state index is 0.125. The fourth-order valence-electron chi connectivity index (χ4n) is 3.56. The van der Waals surface area contributed by atoms with Crippen molar-refractivity contribution in [3.63, 3.8) is 0 Å². The molecular weight excluding hydrogens is 287 g/mol. The van der Waals surface area contributed by atoms with E-state index in [1.807, 2.05) is 18.2 Å². The van der Waals surface area contributed by atoms with E-state index in [0.29, 0.717) is 18.3 Å². The van der Waals surface area contributed by atoms with Gasteiger partial charge in [0, 0.05) is 5.82 Å². The third-order valence-corrected chi connectivity index (χ3v) is 6.11. The van der Waals surface area contributed by atoms with Crippen molar-refractivity contribution in [2.24, 2.45) is 11.3 Å². The Balaban J connectivity index is 1.56. The molecule has 1 aromatic carbocycles. The lowest BCUT2D eigenvalue weighted by Crippen LogP contribution is -2.41. The van der Waals surface area contributed by atoms with Crippen LogP contribution >= 0.6 is 0 Å². The van der Waals surface area contributed by atoms with Crippen LogP contribution in [0.1, 0.15) is 47.1 Å². The van der Waals surface area contributed by atoms with Crippen LogP contribution in [0, 0.1) is 11.3 Å². The zero-order valence-electron chi connectivity index (χ0n) is 15.3. The highest BCUT2D eigenvalue weighted by molar-refractivity contribution is 6.49. The maximum Gasteiger partial charge on any atom is 0.462 e. The van der Waals surface area contributed by atoms with Crippen LogP contribution in [-0.4, -0.2) is 24.9 Å². The van der Waals surface area contributed by atoms with Crippen molar-refractivity contribution in [1.82, 2.24) is 0 Å². The smallest absolute Gasteiger partial charge is 0.403 e. The first kappa shape index (κ1) is 17.0. The standard InChI is InChI=1S/C19H29BO3/c1-17(2)15(13-21-12-14-10-8-7-9-11-14)16(17)20-22-18(3,4)19(5,6)23-20/h7-11,15-16H,12-13H2,1-6H3/t15-,16-/m1/s1. The van der Waals surface area contributed by atoms with Crippen molar-refractivity contribution < 1.29 is 14.0 Å². The Morgan fingerprint density at radius 1 is 0.957 bits per heavy atom. The van der Waals surface area contributed by atoms with Gasteiger partial charge in [-0.15, -0.1) is 0 Å². The first-order valence-electron chi connectivity index (χ1n) is 8.62. The summed E-state index contributed by atoms with van der Waals surface area (Å²) in [5.74, 6) is 0.889. The summed E-state index contributed by atoms with van der Waals surface area (Å²) >= 11 is 0. The molecule has 3 rings (SSSR count). The molecule has 1 heterocycles. The molecule has 23 heavy (non-hydrogen) atoms. The van der Waals surface area contributed by atoms with Crippen LogP contribution in [0.4, 0.5) is 0 Å². The zero-order valence-corrected chi connectivity index (χ0v) is 15.3. The van der Waals surface area contributed by atoms with Crippen molar-refractivity contribution in [2.45, 2.75) is 65.2 Å². The normalized spacial score (nSPS) is 30.4. The van der Waals surface area contributed by atoms with Gasteiger partial charge in [-0.3, -0.25) is 0 Å². The summed E-state index contributed by atoms with van der Waals surface area (Å²) in [4.78, 5) is 0. The average molecular weight is 316 g/mol. The van der Waals surface area contributed by atoms with Crippen LogP contribution in [0.2, 0.25) is 5.82 Å². The third kappa shape index (κ3) is 3.09. The van der Waals surface area contributed by atoms with E-state index in [0.717, 1.165) is 6.61 Å². The second-order valence-corrected chi connectivity index (χ2v) is 8.58. The van der Waals surface area contributed by atoms with E-state index in [1.54, 1.807) is 0 Å². The zero-order chi connectivity index (χ0) is 16.9. The lowest BCUT2D eigenvalue weighted by molar-refractivity contribution is 0.00578. The van der Waals surface area contributed by atoms with Crippen LogP contribution in [0.15, 0.2) is 30.3 Å². The summed E-state index contributed by atoms with van der Waals surface area (Å²) < 4.78 is 18.4. The molecule has 1 saturated heterocycles. The maximum atomic E-state index is 6.24. The van der Waals surface area contributed by atoms with E-state index in [-0.39, 0.29) is 23.7 Å². The Morgan fingerprint density at radius 2 is 1.52 bits per heavy atom. The molecule has 0 bridgehead atoms. The third-order valence-electron chi connectivity index (χ3n) is 6.11. The van der Waals surface area contributed by atoms with Crippen molar-refractivity contribution >= 4 is 7.12 Å². The SMILES string of the molecule is CC1(C)[C@H](COCc2ccccc2)[C@H]1B1OC(C)(C)C(C)(C)O1. The van der Waals surface area contributed by atoms with Crippen molar-refractivity contribution in [2.75, 3.05) is 6.61 Å². The molecule has 0 N–H and O–H groups in total. The molecule has 1 aliphatic carbocycles. The van der Waals surface area contributed by atoms with Gasteiger partial charge < -0.3 is 14.0 Å². The number of hydrogen-bond acceptors (Lipinski definition) is 3. The van der Waals surface area contributed by atoms with Crippen LogP contribution in [0.5, 0.6) is 0 Å². The number of rotatable bonds is 5. The van der Waals surface area contributed by atoms with Crippen LogP contribution < -0.4 is 0 Å². The average Bonchev–Trinajstić information content (AvgIpc) is 2.91. The Kier molecular flexibility index (Phi) is 4.15. The van der Waals surface area contributed by atoms with Crippen LogP contribution in [-0.2, 0) is 20.7 Å². The molecule has 4 heteroatoms. The number of hydrogen-bond donors (Lipinski definition) is 0. The van der Waals surface area contributed by atoms with E-state index >= 15 is 0 Å². The van der Waals surface area contributed by atoms with Gasteiger partial charge in [0.2, 0.25) is 0 Å². The first-order valence-corrected chi connectivity index (χ1v) is 8.62. The van der Waals surface area contributed by atoms with Gasteiger partial charge in [-0.2, -0.15) is 0 Å². The molecule has 2 fully saturated rings. The molecule has 1 saturated carbocycles. The summed E-state index contributed by atoms with van der Waals surface area (Å²) in [6.07, 6.45) is 0. The fraction of sp³-hybridized carbons (Fsp3) is 0.684. The Labute approximate surface area is 140 Å². The Hall–Kier alpha value is -0.835. The minimum Gasteiger partial charge on any atom is -0.403 e. The molecule has 2 aliphatic rings. The van der Waals surface area contributed by atoms with E-state index in [1.165, 1.54) is 5.56 Å². The lowest BCUT2D eigenvalue weighted by atomic mass is 9.77. The van der Waals surface area contributed by atoms with Crippen molar-refractivity contribution in [3.8, 4) is 0 Å². The van der Waals surface area contributed by atoms with E-state index in [2.05, 4.69) is 53.7 Å². The lowest BCUT2D eigenvalue weighted by Gasteiger charge is -2.32. The van der Waals surface area contributed by atoms with Gasteiger partial charge in [-0.1, -0.05) is 44.2 Å². The highest BCUT2D eigenvalue weighted by Crippen LogP contribution is 2.66. The molecule has 0 aromatic heterocycles. The van der Waals surface area contributed by atoms with Gasteiger partial charge in [0.05, 0.1) is 24.4 Å². The van der Waals surface area contributed by atoms with E-state index in [4.69, 9.17) is 14.0 Å². The second kappa shape index (κ2) is 5.61. The van der Waals surface area contributed by atoms with Gasteiger partial charge in [0.25, 0.3) is 0 Å². The summed E-state index contributed by atoms with van der Waals surface area (Å²) in [5, 5.41) is 0. The van der Waals surface area contributed by atoms with Crippen LogP contribution in [0.25, 0.3) is 0 Å². The van der Waals surface area contributed by atoms with Gasteiger partial charge in [-0.05, 0) is 44.6 Å².